The van der Waals surface area contributed by atoms with Gasteiger partial charge in [-0.25, -0.2) is 0 Å². The number of fused-ring (bicyclic) bond motifs is 1. The molecule has 5 nitrogen and oxygen atoms in total. The summed E-state index contributed by atoms with van der Waals surface area (Å²) in [4.78, 5) is 12.9. The molecule has 1 fully saturated rings. The zero-order valence-corrected chi connectivity index (χ0v) is 17.1. The van der Waals surface area contributed by atoms with Gasteiger partial charge in [0.2, 0.25) is 5.52 Å². The first-order valence-corrected chi connectivity index (χ1v) is 10.4. The van der Waals surface area contributed by atoms with Crippen molar-refractivity contribution < 1.29 is 18.8 Å². The van der Waals surface area contributed by atoms with Gasteiger partial charge in [-0.2, -0.15) is 4.57 Å². The van der Waals surface area contributed by atoms with Gasteiger partial charge < -0.3 is 14.4 Å². The molecule has 1 aromatic heterocycles. The minimum Gasteiger partial charge on any atom is -0.429 e. The molecule has 1 saturated heterocycles. The van der Waals surface area contributed by atoms with Crippen molar-refractivity contribution in [3.8, 4) is 5.75 Å². The highest BCUT2D eigenvalue weighted by atomic mass is 32.1. The molecule has 2 aromatic carbocycles. The molecule has 0 aliphatic carbocycles. The number of morpholine rings is 1. The Morgan fingerprint density at radius 2 is 1.83 bits per heavy atom. The minimum absolute atomic E-state index is 0.452. The predicted octanol–water partition coefficient (Wildman–Crippen LogP) is 3.82. The van der Waals surface area contributed by atoms with Crippen LogP contribution in [0.5, 0.6) is 5.75 Å². The van der Waals surface area contributed by atoms with E-state index in [2.05, 4.69) is 52.0 Å². The van der Waals surface area contributed by atoms with Crippen molar-refractivity contribution in [2.24, 2.45) is 7.05 Å². The van der Waals surface area contributed by atoms with E-state index >= 15 is 0 Å². The molecule has 0 saturated carbocycles. The van der Waals surface area contributed by atoms with Crippen LogP contribution >= 0.6 is 11.3 Å². The molecule has 2 heterocycles. The molecule has 0 amide bonds. The van der Waals surface area contributed by atoms with E-state index in [9.17, 15) is 4.79 Å². The van der Waals surface area contributed by atoms with Crippen molar-refractivity contribution in [2.75, 3.05) is 31.2 Å². The fourth-order valence-electron chi connectivity index (χ4n) is 3.35. The Bertz CT molecular complexity index is 1050. The Morgan fingerprint density at radius 1 is 1.07 bits per heavy atom. The summed E-state index contributed by atoms with van der Waals surface area (Å²) in [5.74, 6) is 0.560. The molecule has 148 valence electrons. The first-order valence-electron chi connectivity index (χ1n) is 9.55. The average molecular weight is 408 g/mol. The molecule has 0 unspecified atom stereocenters. The van der Waals surface area contributed by atoms with Gasteiger partial charge in [0.15, 0.2) is 0 Å². The first-order chi connectivity index (χ1) is 14.2. The number of carbonyl (C=O) groups excluding carboxylic acids is 1. The van der Waals surface area contributed by atoms with Gasteiger partial charge in [-0.1, -0.05) is 41.7 Å². The molecule has 0 N–H and O–H groups in total. The maximum Gasteiger partial charge on any atom is 0.298 e. The van der Waals surface area contributed by atoms with Crippen molar-refractivity contribution in [3.05, 3.63) is 65.2 Å². The lowest BCUT2D eigenvalue weighted by Crippen LogP contribution is -2.36. The number of carbonyl (C=O) groups is 1. The number of benzene rings is 2. The molecule has 6 heteroatoms. The summed E-state index contributed by atoms with van der Waals surface area (Å²) in [7, 11) is 2.03. The molecule has 1 aliphatic heterocycles. The third kappa shape index (κ3) is 4.55. The summed E-state index contributed by atoms with van der Waals surface area (Å²) in [6.45, 7) is 3.95. The van der Waals surface area contributed by atoms with Gasteiger partial charge in [-0.05, 0) is 23.8 Å². The zero-order valence-electron chi connectivity index (χ0n) is 16.3. The number of aryl methyl sites for hydroxylation is 1. The molecule has 0 bridgehead atoms. The summed E-state index contributed by atoms with van der Waals surface area (Å²) in [6, 6.07) is 14.3. The van der Waals surface area contributed by atoms with Crippen LogP contribution in [0.25, 0.3) is 22.4 Å². The number of hydrogen-bond donors (Lipinski definition) is 0. The first kappa shape index (κ1) is 19.4. The molecular weight excluding hydrogens is 384 g/mol. The summed E-state index contributed by atoms with van der Waals surface area (Å²) >= 11 is 1.66. The molecule has 4 rings (SSSR count). The molecule has 0 atom stereocenters. The lowest BCUT2D eigenvalue weighted by atomic mass is 10.1. The average Bonchev–Trinajstić information content (AvgIpc) is 3.07. The van der Waals surface area contributed by atoms with E-state index < -0.39 is 0 Å². The molecule has 0 spiro atoms. The van der Waals surface area contributed by atoms with E-state index in [0.717, 1.165) is 41.5 Å². The highest BCUT2D eigenvalue weighted by Crippen LogP contribution is 2.25. The highest BCUT2D eigenvalue weighted by molar-refractivity contribution is 7.18. The summed E-state index contributed by atoms with van der Waals surface area (Å²) in [5.41, 5.74) is 3.52. The second-order valence-electron chi connectivity index (χ2n) is 6.75. The normalized spacial score (nSPS) is 14.9. The SMILES string of the molecule is C[n+]1c(/C=C/C=C/c2ccc(N3CCOCC3)cc2)sc2cc(OC=O)ccc21. The van der Waals surface area contributed by atoms with Gasteiger partial charge in [0.25, 0.3) is 11.5 Å². The Labute approximate surface area is 174 Å². The summed E-state index contributed by atoms with van der Waals surface area (Å²) < 4.78 is 13.6. The van der Waals surface area contributed by atoms with E-state index in [0.29, 0.717) is 12.2 Å². The minimum atomic E-state index is 0.452. The van der Waals surface area contributed by atoms with Gasteiger partial charge >= 0.3 is 0 Å². The Morgan fingerprint density at radius 3 is 2.59 bits per heavy atom. The van der Waals surface area contributed by atoms with Crippen molar-refractivity contribution in [1.29, 1.82) is 0 Å². The molecule has 1 aliphatic rings. The number of rotatable bonds is 6. The standard InChI is InChI=1S/C23H23N2O3S/c1-24-21-11-10-20(28-17-26)16-22(21)29-23(24)5-3-2-4-18-6-8-19(9-7-18)25-12-14-27-15-13-25/h2-11,16-17H,12-15H2,1H3/q+1. The molecule has 3 aromatic rings. The third-order valence-electron chi connectivity index (χ3n) is 4.93. The van der Waals surface area contributed by atoms with E-state index in [1.165, 1.54) is 11.3 Å². The third-order valence-corrected chi connectivity index (χ3v) is 6.10. The van der Waals surface area contributed by atoms with Gasteiger partial charge in [-0.15, -0.1) is 0 Å². The van der Waals surface area contributed by atoms with Crippen molar-refractivity contribution in [3.63, 3.8) is 0 Å². The summed E-state index contributed by atoms with van der Waals surface area (Å²) in [6.07, 6.45) is 8.28. The van der Waals surface area contributed by atoms with Crippen molar-refractivity contribution in [2.45, 2.75) is 0 Å². The Kier molecular flexibility index (Phi) is 6.03. The maximum atomic E-state index is 10.5. The number of aromatic nitrogens is 1. The molecule has 0 radical (unpaired) electrons. The van der Waals surface area contributed by atoms with Gasteiger partial charge in [0.05, 0.1) is 13.2 Å². The van der Waals surface area contributed by atoms with Crippen LogP contribution < -0.4 is 14.2 Å². The van der Waals surface area contributed by atoms with Crippen molar-refractivity contribution >= 4 is 45.9 Å². The lowest BCUT2D eigenvalue weighted by molar-refractivity contribution is -0.642. The predicted molar refractivity (Wildman–Crippen MR) is 117 cm³/mol. The van der Waals surface area contributed by atoms with Crippen LogP contribution in [0.15, 0.2) is 54.6 Å². The highest BCUT2D eigenvalue weighted by Gasteiger charge is 2.15. The number of allylic oxidation sites excluding steroid dienone is 2. The smallest absolute Gasteiger partial charge is 0.298 e. The second kappa shape index (κ2) is 9.03. The van der Waals surface area contributed by atoms with Crippen LogP contribution in [0.2, 0.25) is 0 Å². The molecular formula is C23H23N2O3S+. The number of anilines is 1. The Balaban J connectivity index is 1.43. The molecule has 29 heavy (non-hydrogen) atoms. The Hall–Kier alpha value is -2.96. The number of hydrogen-bond acceptors (Lipinski definition) is 5. The van der Waals surface area contributed by atoms with Crippen LogP contribution in [0.3, 0.4) is 0 Å². The fourth-order valence-corrected chi connectivity index (χ4v) is 4.44. The number of ether oxygens (including phenoxy) is 2. The van der Waals surface area contributed by atoms with Crippen molar-refractivity contribution in [1.82, 2.24) is 0 Å². The quantitative estimate of drug-likeness (QED) is 0.354. The van der Waals surface area contributed by atoms with Crippen LogP contribution in [-0.4, -0.2) is 32.8 Å². The van der Waals surface area contributed by atoms with Gasteiger partial charge in [0, 0.05) is 37.0 Å². The van der Waals surface area contributed by atoms with E-state index in [4.69, 9.17) is 9.47 Å². The monoisotopic (exact) mass is 407 g/mol. The lowest BCUT2D eigenvalue weighted by Gasteiger charge is -2.28. The van der Waals surface area contributed by atoms with Gasteiger partial charge in [-0.3, -0.25) is 4.79 Å². The van der Waals surface area contributed by atoms with E-state index in [-0.39, 0.29) is 0 Å². The van der Waals surface area contributed by atoms with Crippen LogP contribution in [0, 0.1) is 0 Å². The maximum absolute atomic E-state index is 10.5. The fraction of sp³-hybridized carbons (Fsp3) is 0.217. The second-order valence-corrected chi connectivity index (χ2v) is 7.81. The van der Waals surface area contributed by atoms with Crippen LogP contribution in [0.4, 0.5) is 5.69 Å². The van der Waals surface area contributed by atoms with Crippen LogP contribution in [-0.2, 0) is 16.6 Å². The van der Waals surface area contributed by atoms with E-state index in [1.54, 1.807) is 17.4 Å². The number of thiazole rings is 1. The number of nitrogens with zero attached hydrogens (tertiary/aromatic N) is 2. The zero-order chi connectivity index (χ0) is 20.1. The van der Waals surface area contributed by atoms with Crippen LogP contribution in [0.1, 0.15) is 10.6 Å². The van der Waals surface area contributed by atoms with Gasteiger partial charge in [0.1, 0.15) is 17.5 Å². The largest absolute Gasteiger partial charge is 0.429 e. The van der Waals surface area contributed by atoms with E-state index in [1.807, 2.05) is 25.3 Å². The topological polar surface area (TPSA) is 42.7 Å². The summed E-state index contributed by atoms with van der Waals surface area (Å²) in [5, 5.41) is 1.12.